The molecule has 2 aromatic carbocycles. The average molecular weight is 494 g/mol. The normalized spacial score (nSPS) is 15.9. The van der Waals surface area contributed by atoms with E-state index in [-0.39, 0.29) is 34.8 Å². The van der Waals surface area contributed by atoms with Gasteiger partial charge in [-0.15, -0.1) is 0 Å². The van der Waals surface area contributed by atoms with Gasteiger partial charge in [0.1, 0.15) is 17.9 Å². The van der Waals surface area contributed by atoms with Crippen molar-refractivity contribution >= 4 is 45.5 Å². The van der Waals surface area contributed by atoms with Gasteiger partial charge in [-0.25, -0.2) is 4.39 Å². The Labute approximate surface area is 204 Å². The Morgan fingerprint density at radius 1 is 1.34 bits per heavy atom. The number of aldehydes is 1. The standard InChI is InChI=1S/C24H21ClFN7O2/c1-13-2-3-18-16(11-29-32-18)19(13)20-17(25)10-15-22(21(20)26)30-24(35-9-8-34)31-23(15)33-7-6-28-14(12-33)4-5-27/h2-3,8,10-11,14,28H,4,6-7,9,12H2,1H3,(H,29,32)/t14-/m0/s1. The van der Waals surface area contributed by atoms with Crippen LogP contribution >= 0.6 is 11.6 Å². The minimum absolute atomic E-state index is 0.0329. The zero-order chi connectivity index (χ0) is 24.5. The molecule has 1 saturated heterocycles. The number of aryl methyl sites for hydroxylation is 1. The van der Waals surface area contributed by atoms with Gasteiger partial charge in [-0.3, -0.25) is 9.89 Å². The Balaban J connectivity index is 1.74. The molecule has 0 aliphatic carbocycles. The molecule has 2 N–H and O–H groups in total. The van der Waals surface area contributed by atoms with Gasteiger partial charge in [-0.1, -0.05) is 17.7 Å². The smallest absolute Gasteiger partial charge is 0.319 e. The first kappa shape index (κ1) is 23.0. The highest BCUT2D eigenvalue weighted by atomic mass is 35.5. The first-order chi connectivity index (χ1) is 17.0. The maximum absolute atomic E-state index is 16.3. The van der Waals surface area contributed by atoms with Crippen LogP contribution in [0.4, 0.5) is 10.2 Å². The Kier molecular flexibility index (Phi) is 6.19. The van der Waals surface area contributed by atoms with Gasteiger partial charge in [0.15, 0.2) is 12.1 Å². The van der Waals surface area contributed by atoms with Crippen molar-refractivity contribution < 1.29 is 13.9 Å². The monoisotopic (exact) mass is 493 g/mol. The Morgan fingerprint density at radius 3 is 3.00 bits per heavy atom. The molecular weight excluding hydrogens is 473 g/mol. The number of benzene rings is 2. The highest BCUT2D eigenvalue weighted by Crippen LogP contribution is 2.42. The second-order valence-electron chi connectivity index (χ2n) is 8.30. The Hall–Kier alpha value is -3.81. The van der Waals surface area contributed by atoms with E-state index >= 15 is 4.39 Å². The molecule has 0 bridgehead atoms. The van der Waals surface area contributed by atoms with Crippen LogP contribution in [0.1, 0.15) is 12.0 Å². The van der Waals surface area contributed by atoms with Gasteiger partial charge in [0, 0.05) is 47.6 Å². The number of fused-ring (bicyclic) bond motifs is 2. The Morgan fingerprint density at radius 2 is 2.20 bits per heavy atom. The van der Waals surface area contributed by atoms with E-state index < -0.39 is 5.82 Å². The molecule has 178 valence electrons. The van der Waals surface area contributed by atoms with Crippen molar-refractivity contribution in [2.45, 2.75) is 19.4 Å². The largest absolute Gasteiger partial charge is 0.456 e. The van der Waals surface area contributed by atoms with Crippen molar-refractivity contribution in [1.82, 2.24) is 25.5 Å². The minimum atomic E-state index is -0.618. The summed E-state index contributed by atoms with van der Waals surface area (Å²) in [6, 6.07) is 7.40. The molecule has 0 unspecified atom stereocenters. The zero-order valence-electron chi connectivity index (χ0n) is 18.8. The first-order valence-corrected chi connectivity index (χ1v) is 11.4. The summed E-state index contributed by atoms with van der Waals surface area (Å²) in [6.45, 7) is 3.30. The number of halogens is 2. The van der Waals surface area contributed by atoms with E-state index in [1.54, 1.807) is 12.3 Å². The second kappa shape index (κ2) is 9.44. The van der Waals surface area contributed by atoms with Gasteiger partial charge in [-0.05, 0) is 24.6 Å². The number of aromatic nitrogens is 4. The molecule has 5 rings (SSSR count). The summed E-state index contributed by atoms with van der Waals surface area (Å²) in [5, 5.41) is 20.8. The van der Waals surface area contributed by atoms with Crippen LogP contribution in [0.5, 0.6) is 6.01 Å². The van der Waals surface area contributed by atoms with Gasteiger partial charge >= 0.3 is 6.01 Å². The number of rotatable bonds is 6. The molecule has 1 atom stereocenters. The number of nitrogens with zero attached hydrogens (tertiary/aromatic N) is 5. The predicted octanol–water partition coefficient (Wildman–Crippen LogP) is 3.54. The summed E-state index contributed by atoms with van der Waals surface area (Å²) in [5.41, 5.74) is 2.44. The number of carbonyl (C=O) groups excluding carboxylic acids is 1. The summed E-state index contributed by atoms with van der Waals surface area (Å²) in [6.07, 6.45) is 2.53. The number of piperazine rings is 1. The molecular formula is C24H21ClFN7O2. The topological polar surface area (TPSA) is 120 Å². The minimum Gasteiger partial charge on any atom is -0.456 e. The van der Waals surface area contributed by atoms with Gasteiger partial charge in [-0.2, -0.15) is 20.3 Å². The van der Waals surface area contributed by atoms with Crippen molar-refractivity contribution in [3.8, 4) is 23.2 Å². The lowest BCUT2D eigenvalue weighted by Gasteiger charge is -2.34. The van der Waals surface area contributed by atoms with Crippen molar-refractivity contribution in [1.29, 1.82) is 5.26 Å². The molecule has 3 heterocycles. The van der Waals surface area contributed by atoms with Crippen LogP contribution in [0.2, 0.25) is 5.02 Å². The molecule has 4 aromatic rings. The molecule has 0 spiro atoms. The summed E-state index contributed by atoms with van der Waals surface area (Å²) < 4.78 is 21.7. The number of ether oxygens (including phenoxy) is 1. The van der Waals surface area contributed by atoms with E-state index in [0.29, 0.717) is 49.1 Å². The number of hydrogen-bond acceptors (Lipinski definition) is 8. The van der Waals surface area contributed by atoms with E-state index in [4.69, 9.17) is 21.6 Å². The maximum atomic E-state index is 16.3. The molecule has 1 fully saturated rings. The maximum Gasteiger partial charge on any atom is 0.319 e. The number of nitriles is 1. The van der Waals surface area contributed by atoms with Crippen molar-refractivity contribution in [2.24, 2.45) is 0 Å². The molecule has 0 saturated carbocycles. The van der Waals surface area contributed by atoms with E-state index in [1.165, 1.54) is 0 Å². The quantitative estimate of drug-likeness (QED) is 0.391. The number of H-pyrrole nitrogens is 1. The fourth-order valence-corrected chi connectivity index (χ4v) is 4.81. The molecule has 1 aliphatic rings. The van der Waals surface area contributed by atoms with Crippen molar-refractivity contribution in [3.05, 3.63) is 40.8 Å². The lowest BCUT2D eigenvalue weighted by Crippen LogP contribution is -2.51. The average Bonchev–Trinajstić information content (AvgIpc) is 3.33. The third-order valence-electron chi connectivity index (χ3n) is 6.10. The molecule has 1 aliphatic heterocycles. The summed E-state index contributed by atoms with van der Waals surface area (Å²) >= 11 is 6.72. The molecule has 0 radical (unpaired) electrons. The van der Waals surface area contributed by atoms with Crippen molar-refractivity contribution in [2.75, 3.05) is 31.1 Å². The first-order valence-electron chi connectivity index (χ1n) is 11.1. The van der Waals surface area contributed by atoms with Crippen LogP contribution in [0, 0.1) is 24.1 Å². The highest BCUT2D eigenvalue weighted by Gasteiger charge is 2.27. The fourth-order valence-electron chi connectivity index (χ4n) is 4.53. The van der Waals surface area contributed by atoms with Crippen LogP contribution in [-0.2, 0) is 4.79 Å². The third-order valence-corrected chi connectivity index (χ3v) is 6.40. The summed E-state index contributed by atoms with van der Waals surface area (Å²) in [5.74, 6) is -0.182. The van der Waals surface area contributed by atoms with E-state index in [2.05, 4.69) is 31.6 Å². The highest BCUT2D eigenvalue weighted by molar-refractivity contribution is 6.35. The van der Waals surface area contributed by atoms with Crippen molar-refractivity contribution in [3.63, 3.8) is 0 Å². The SMILES string of the molecule is Cc1ccc2[nH]ncc2c1-c1c(Cl)cc2c(N3CCN[C@@H](CC#N)C3)nc(OCC=O)nc2c1F. The lowest BCUT2D eigenvalue weighted by molar-refractivity contribution is -0.109. The number of anilines is 1. The van der Waals surface area contributed by atoms with E-state index in [9.17, 15) is 4.79 Å². The molecule has 2 aromatic heterocycles. The zero-order valence-corrected chi connectivity index (χ0v) is 19.6. The van der Waals surface area contributed by atoms with Crippen LogP contribution in [0.3, 0.4) is 0 Å². The summed E-state index contributed by atoms with van der Waals surface area (Å²) in [4.78, 5) is 21.6. The van der Waals surface area contributed by atoms with Crippen LogP contribution < -0.4 is 15.0 Å². The fraction of sp³-hybridized carbons (Fsp3) is 0.292. The number of nitrogens with one attached hydrogen (secondary N) is 2. The second-order valence-corrected chi connectivity index (χ2v) is 8.71. The third kappa shape index (κ3) is 4.13. The lowest BCUT2D eigenvalue weighted by atomic mass is 9.95. The molecule has 11 heteroatoms. The van der Waals surface area contributed by atoms with E-state index in [0.717, 1.165) is 16.5 Å². The van der Waals surface area contributed by atoms with Crippen LogP contribution in [-0.4, -0.2) is 58.7 Å². The number of aromatic amines is 1. The van der Waals surface area contributed by atoms with Gasteiger partial charge in [0.05, 0.1) is 29.2 Å². The summed E-state index contributed by atoms with van der Waals surface area (Å²) in [7, 11) is 0. The number of carbonyl (C=O) groups is 1. The molecule has 0 amide bonds. The number of hydrogen-bond donors (Lipinski definition) is 2. The van der Waals surface area contributed by atoms with Gasteiger partial charge in [0.25, 0.3) is 0 Å². The van der Waals surface area contributed by atoms with Gasteiger partial charge in [0.2, 0.25) is 0 Å². The van der Waals surface area contributed by atoms with Crippen LogP contribution in [0.15, 0.2) is 24.4 Å². The Bertz CT molecular complexity index is 1480. The van der Waals surface area contributed by atoms with E-state index in [1.807, 2.05) is 24.0 Å². The molecule has 35 heavy (non-hydrogen) atoms. The van der Waals surface area contributed by atoms with Crippen LogP contribution in [0.25, 0.3) is 32.9 Å². The molecule has 9 nitrogen and oxygen atoms in total. The van der Waals surface area contributed by atoms with Gasteiger partial charge < -0.3 is 15.0 Å². The predicted molar refractivity (Wildman–Crippen MR) is 130 cm³/mol.